The molecule has 0 aliphatic carbocycles. The molecule has 100 valence electrons. The molecular weight excluding hydrogens is 273 g/mol. The fraction of sp³-hybridized carbons (Fsp3) is 0.538. The van der Waals surface area contributed by atoms with Gasteiger partial charge in [-0.1, -0.05) is 23.2 Å². The fourth-order valence-electron chi connectivity index (χ4n) is 1.90. The molecule has 1 N–H and O–H groups in total. The van der Waals surface area contributed by atoms with Crippen molar-refractivity contribution in [2.75, 3.05) is 26.4 Å². The molecule has 0 atom stereocenters. The Morgan fingerprint density at radius 2 is 2.00 bits per heavy atom. The maximum absolute atomic E-state index is 5.91. The van der Waals surface area contributed by atoms with Gasteiger partial charge in [-0.3, -0.25) is 0 Å². The minimum absolute atomic E-state index is 0.520. The predicted molar refractivity (Wildman–Crippen MR) is 73.8 cm³/mol. The second-order valence-electron chi connectivity index (χ2n) is 4.27. The van der Waals surface area contributed by atoms with E-state index in [0.29, 0.717) is 22.7 Å². The zero-order valence-electron chi connectivity index (χ0n) is 10.1. The molecule has 0 amide bonds. The topological polar surface area (TPSA) is 30.5 Å². The fourth-order valence-corrected chi connectivity index (χ4v) is 2.19. The average Bonchev–Trinajstić information content (AvgIpc) is 2.40. The summed E-state index contributed by atoms with van der Waals surface area (Å²) in [4.78, 5) is 0. The van der Waals surface area contributed by atoms with Crippen LogP contribution < -0.4 is 10.1 Å². The summed E-state index contributed by atoms with van der Waals surface area (Å²) in [7, 11) is 0. The van der Waals surface area contributed by atoms with Gasteiger partial charge in [-0.05, 0) is 25.0 Å². The third kappa shape index (κ3) is 4.32. The van der Waals surface area contributed by atoms with Crippen LogP contribution in [0.1, 0.15) is 12.8 Å². The monoisotopic (exact) mass is 289 g/mol. The number of rotatable bonds is 5. The lowest BCUT2D eigenvalue weighted by Gasteiger charge is -2.23. The predicted octanol–water partition coefficient (Wildman–Crippen LogP) is 3.14. The van der Waals surface area contributed by atoms with Gasteiger partial charge in [0.15, 0.2) is 0 Å². The minimum atomic E-state index is 0.520. The number of benzene rings is 1. The van der Waals surface area contributed by atoms with E-state index in [1.165, 1.54) is 0 Å². The highest BCUT2D eigenvalue weighted by molar-refractivity contribution is 6.42. The molecular formula is C13H17Cl2NO2. The van der Waals surface area contributed by atoms with E-state index in [1.54, 1.807) is 12.1 Å². The zero-order chi connectivity index (χ0) is 12.8. The van der Waals surface area contributed by atoms with Crippen molar-refractivity contribution in [1.82, 2.24) is 5.32 Å². The average molecular weight is 290 g/mol. The molecule has 0 aromatic heterocycles. The first kappa shape index (κ1) is 13.9. The van der Waals surface area contributed by atoms with E-state index >= 15 is 0 Å². The summed E-state index contributed by atoms with van der Waals surface area (Å²) in [6.07, 6.45) is 2.15. The largest absolute Gasteiger partial charge is 0.492 e. The summed E-state index contributed by atoms with van der Waals surface area (Å²) in [5.41, 5.74) is 0. The van der Waals surface area contributed by atoms with Crippen molar-refractivity contribution < 1.29 is 9.47 Å². The van der Waals surface area contributed by atoms with Gasteiger partial charge in [-0.2, -0.15) is 0 Å². The van der Waals surface area contributed by atoms with E-state index < -0.39 is 0 Å². The van der Waals surface area contributed by atoms with Crippen molar-refractivity contribution in [2.24, 2.45) is 0 Å². The van der Waals surface area contributed by atoms with Crippen LogP contribution in [0, 0.1) is 0 Å². The van der Waals surface area contributed by atoms with Gasteiger partial charge in [0.05, 0.1) is 10.0 Å². The summed E-state index contributed by atoms with van der Waals surface area (Å²) in [5.74, 6) is 0.748. The van der Waals surface area contributed by atoms with Gasteiger partial charge in [0.1, 0.15) is 12.4 Å². The van der Waals surface area contributed by atoms with Gasteiger partial charge in [-0.25, -0.2) is 0 Å². The molecule has 0 bridgehead atoms. The second-order valence-corrected chi connectivity index (χ2v) is 5.08. The van der Waals surface area contributed by atoms with Crippen molar-refractivity contribution in [3.8, 4) is 5.75 Å². The Balaban J connectivity index is 1.66. The normalized spacial score (nSPS) is 16.8. The van der Waals surface area contributed by atoms with Crippen molar-refractivity contribution in [3.63, 3.8) is 0 Å². The van der Waals surface area contributed by atoms with E-state index in [9.17, 15) is 0 Å². The molecule has 0 radical (unpaired) electrons. The first-order chi connectivity index (χ1) is 8.75. The van der Waals surface area contributed by atoms with Crippen molar-refractivity contribution >= 4 is 23.2 Å². The Labute approximate surface area is 117 Å². The van der Waals surface area contributed by atoms with Crippen molar-refractivity contribution in [1.29, 1.82) is 0 Å². The third-order valence-corrected chi connectivity index (χ3v) is 3.66. The molecule has 1 aliphatic heterocycles. The van der Waals surface area contributed by atoms with E-state index in [4.69, 9.17) is 32.7 Å². The van der Waals surface area contributed by atoms with Gasteiger partial charge >= 0.3 is 0 Å². The lowest BCUT2D eigenvalue weighted by atomic mass is 10.1. The Morgan fingerprint density at radius 1 is 1.22 bits per heavy atom. The molecule has 0 saturated carbocycles. The van der Waals surface area contributed by atoms with Crippen LogP contribution in [-0.4, -0.2) is 32.4 Å². The summed E-state index contributed by atoms with van der Waals surface area (Å²) in [5, 5.41) is 4.52. The number of hydrogen-bond acceptors (Lipinski definition) is 3. The SMILES string of the molecule is Clc1ccc(OCCNC2CCOCC2)cc1Cl. The molecule has 3 nitrogen and oxygen atoms in total. The first-order valence-corrected chi connectivity index (χ1v) is 6.90. The molecule has 18 heavy (non-hydrogen) atoms. The summed E-state index contributed by atoms with van der Waals surface area (Å²) in [6.45, 7) is 3.15. The maximum Gasteiger partial charge on any atom is 0.120 e. The third-order valence-electron chi connectivity index (χ3n) is 2.92. The summed E-state index contributed by atoms with van der Waals surface area (Å²) < 4.78 is 10.9. The number of hydrogen-bond donors (Lipinski definition) is 1. The highest BCUT2D eigenvalue weighted by Crippen LogP contribution is 2.26. The first-order valence-electron chi connectivity index (χ1n) is 6.14. The molecule has 1 heterocycles. The Hall–Kier alpha value is -0.480. The molecule has 2 rings (SSSR count). The van der Waals surface area contributed by atoms with Gasteiger partial charge in [0.25, 0.3) is 0 Å². The summed E-state index contributed by atoms with van der Waals surface area (Å²) >= 11 is 11.7. The van der Waals surface area contributed by atoms with Gasteiger partial charge in [0, 0.05) is 31.9 Å². The Bertz CT molecular complexity index is 381. The maximum atomic E-state index is 5.91. The Kier molecular flexibility index (Phi) is 5.57. The van der Waals surface area contributed by atoms with Crippen molar-refractivity contribution in [2.45, 2.75) is 18.9 Å². The molecule has 1 aromatic carbocycles. The lowest BCUT2D eigenvalue weighted by Crippen LogP contribution is -2.37. The number of nitrogens with one attached hydrogen (secondary N) is 1. The van der Waals surface area contributed by atoms with Gasteiger partial charge in [0.2, 0.25) is 0 Å². The molecule has 1 aliphatic rings. The lowest BCUT2D eigenvalue weighted by molar-refractivity contribution is 0.0770. The molecule has 1 aromatic rings. The Morgan fingerprint density at radius 3 is 2.72 bits per heavy atom. The zero-order valence-corrected chi connectivity index (χ0v) is 11.6. The van der Waals surface area contributed by atoms with Crippen molar-refractivity contribution in [3.05, 3.63) is 28.2 Å². The van der Waals surface area contributed by atoms with Gasteiger partial charge in [-0.15, -0.1) is 0 Å². The molecule has 1 fully saturated rings. The molecule has 0 unspecified atom stereocenters. The number of ether oxygens (including phenoxy) is 2. The van der Waals surface area contributed by atoms with Crippen LogP contribution in [0.4, 0.5) is 0 Å². The minimum Gasteiger partial charge on any atom is -0.492 e. The van der Waals surface area contributed by atoms with Crippen LogP contribution in [-0.2, 0) is 4.74 Å². The van der Waals surface area contributed by atoms with Crippen LogP contribution in [0.25, 0.3) is 0 Å². The quantitative estimate of drug-likeness (QED) is 0.845. The number of halogens is 2. The summed E-state index contributed by atoms with van der Waals surface area (Å²) in [6, 6.07) is 5.85. The standard InChI is InChI=1S/C13H17Cl2NO2/c14-12-2-1-11(9-13(12)15)18-8-5-16-10-3-6-17-7-4-10/h1-2,9-10,16H,3-8H2. The highest BCUT2D eigenvalue weighted by atomic mass is 35.5. The van der Waals surface area contributed by atoms with E-state index in [1.807, 2.05) is 6.07 Å². The van der Waals surface area contributed by atoms with E-state index in [0.717, 1.165) is 38.3 Å². The van der Waals surface area contributed by atoms with E-state index in [2.05, 4.69) is 5.32 Å². The van der Waals surface area contributed by atoms with Crippen LogP contribution in [0.5, 0.6) is 5.75 Å². The highest BCUT2D eigenvalue weighted by Gasteiger charge is 2.12. The van der Waals surface area contributed by atoms with Crippen LogP contribution in [0.15, 0.2) is 18.2 Å². The van der Waals surface area contributed by atoms with Crippen LogP contribution in [0.2, 0.25) is 10.0 Å². The smallest absolute Gasteiger partial charge is 0.120 e. The van der Waals surface area contributed by atoms with Gasteiger partial charge < -0.3 is 14.8 Å². The molecule has 5 heteroatoms. The van der Waals surface area contributed by atoms with Crippen LogP contribution in [0.3, 0.4) is 0 Å². The molecule has 1 saturated heterocycles. The van der Waals surface area contributed by atoms with Crippen LogP contribution >= 0.6 is 23.2 Å². The molecule has 0 spiro atoms. The second kappa shape index (κ2) is 7.19. The van der Waals surface area contributed by atoms with E-state index in [-0.39, 0.29) is 0 Å².